The third kappa shape index (κ3) is 3.72. The lowest BCUT2D eigenvalue weighted by Gasteiger charge is -2.25. The molecule has 1 aliphatic heterocycles. The lowest BCUT2D eigenvalue weighted by atomic mass is 10.2. The maximum absolute atomic E-state index is 6.32. The average Bonchev–Trinajstić information content (AvgIpc) is 2.52. The molecule has 0 saturated carbocycles. The Morgan fingerprint density at radius 3 is 2.81 bits per heavy atom. The molecule has 0 aromatic rings. The number of hydrogen-bond donors (Lipinski definition) is 1. The molecule has 2 nitrogen and oxygen atoms in total. The van der Waals surface area contributed by atoms with Gasteiger partial charge in [0, 0.05) is 36.3 Å². The van der Waals surface area contributed by atoms with Gasteiger partial charge in [0.2, 0.25) is 0 Å². The topological polar surface area (TPSA) is 15.3 Å². The van der Waals surface area contributed by atoms with Gasteiger partial charge in [-0.3, -0.25) is 4.90 Å². The predicted molar refractivity (Wildman–Crippen MR) is 74.9 cm³/mol. The first-order valence-electron chi connectivity index (χ1n) is 5.66. The molecule has 1 rings (SSSR count). The SMILES string of the molecule is C=C(SC)/C(Cl)=C1/CN(C(C)C)CCCN1. The molecule has 0 unspecified atom stereocenters. The minimum Gasteiger partial charge on any atom is -0.386 e. The molecule has 4 heteroatoms. The first kappa shape index (κ1) is 13.9. The van der Waals surface area contributed by atoms with Crippen LogP contribution in [0.3, 0.4) is 0 Å². The second-order valence-corrected chi connectivity index (χ2v) is 5.54. The van der Waals surface area contributed by atoms with E-state index in [-0.39, 0.29) is 0 Å². The highest BCUT2D eigenvalue weighted by Gasteiger charge is 2.17. The van der Waals surface area contributed by atoms with Crippen molar-refractivity contribution in [3.63, 3.8) is 0 Å². The van der Waals surface area contributed by atoms with Gasteiger partial charge >= 0.3 is 0 Å². The van der Waals surface area contributed by atoms with E-state index in [9.17, 15) is 0 Å². The van der Waals surface area contributed by atoms with Crippen molar-refractivity contribution in [2.24, 2.45) is 0 Å². The van der Waals surface area contributed by atoms with Crippen LogP contribution in [0.2, 0.25) is 0 Å². The zero-order valence-corrected chi connectivity index (χ0v) is 11.9. The van der Waals surface area contributed by atoms with E-state index in [0.29, 0.717) is 6.04 Å². The van der Waals surface area contributed by atoms with Crippen LogP contribution in [0.15, 0.2) is 22.2 Å². The van der Waals surface area contributed by atoms with Crippen molar-refractivity contribution in [3.05, 3.63) is 22.2 Å². The highest BCUT2D eigenvalue weighted by atomic mass is 35.5. The summed E-state index contributed by atoms with van der Waals surface area (Å²) < 4.78 is 0. The lowest BCUT2D eigenvalue weighted by Crippen LogP contribution is -2.33. The van der Waals surface area contributed by atoms with E-state index in [1.807, 2.05) is 6.26 Å². The molecule has 1 saturated heterocycles. The third-order valence-electron chi connectivity index (χ3n) is 2.81. The second kappa shape index (κ2) is 6.58. The Hall–Kier alpha value is -0.120. The van der Waals surface area contributed by atoms with Crippen LogP contribution in [0.4, 0.5) is 0 Å². The zero-order chi connectivity index (χ0) is 12.1. The molecule has 0 aromatic carbocycles. The molecule has 16 heavy (non-hydrogen) atoms. The van der Waals surface area contributed by atoms with Crippen LogP contribution in [-0.2, 0) is 0 Å². The maximum atomic E-state index is 6.32. The fourth-order valence-electron chi connectivity index (χ4n) is 1.71. The number of halogens is 1. The summed E-state index contributed by atoms with van der Waals surface area (Å²) in [6.45, 7) is 11.4. The standard InChI is InChI=1S/C12H21ClN2S/c1-9(2)15-7-5-6-14-11(8-15)12(13)10(3)16-4/h9,14H,3,5-8H2,1-2,4H3/b12-11+. The summed E-state index contributed by atoms with van der Waals surface area (Å²) in [5.41, 5.74) is 1.12. The van der Waals surface area contributed by atoms with Gasteiger partial charge in [0.1, 0.15) is 0 Å². The van der Waals surface area contributed by atoms with Crippen molar-refractivity contribution in [2.45, 2.75) is 26.3 Å². The van der Waals surface area contributed by atoms with Crippen molar-refractivity contribution in [1.29, 1.82) is 0 Å². The zero-order valence-electron chi connectivity index (χ0n) is 10.3. The molecular formula is C12H21ClN2S. The normalized spacial score (nSPS) is 21.6. The summed E-state index contributed by atoms with van der Waals surface area (Å²) >= 11 is 7.92. The van der Waals surface area contributed by atoms with E-state index in [2.05, 4.69) is 30.6 Å². The Balaban J connectivity index is 2.82. The van der Waals surface area contributed by atoms with Crippen molar-refractivity contribution < 1.29 is 0 Å². The predicted octanol–water partition coefficient (Wildman–Crippen LogP) is 3.02. The molecule has 1 aliphatic rings. The summed E-state index contributed by atoms with van der Waals surface area (Å²) in [6.07, 6.45) is 3.17. The molecule has 0 bridgehead atoms. The van der Waals surface area contributed by atoms with Crippen molar-refractivity contribution in [3.8, 4) is 0 Å². The Kier molecular flexibility index (Phi) is 5.73. The number of nitrogens with one attached hydrogen (secondary N) is 1. The van der Waals surface area contributed by atoms with E-state index < -0.39 is 0 Å². The first-order chi connectivity index (χ1) is 7.56. The fraction of sp³-hybridized carbons (Fsp3) is 0.667. The molecule has 0 atom stereocenters. The van der Waals surface area contributed by atoms with Crippen molar-refractivity contribution in [2.75, 3.05) is 25.9 Å². The molecule has 1 heterocycles. The Labute approximate surface area is 108 Å². The largest absolute Gasteiger partial charge is 0.386 e. The highest BCUT2D eigenvalue weighted by Crippen LogP contribution is 2.26. The monoisotopic (exact) mass is 260 g/mol. The summed E-state index contributed by atoms with van der Waals surface area (Å²) in [7, 11) is 0. The van der Waals surface area contributed by atoms with Gasteiger partial charge in [0.15, 0.2) is 0 Å². The van der Waals surface area contributed by atoms with Crippen LogP contribution in [0.25, 0.3) is 0 Å². The number of thioether (sulfide) groups is 1. The van der Waals surface area contributed by atoms with Crippen LogP contribution in [0.5, 0.6) is 0 Å². The first-order valence-corrected chi connectivity index (χ1v) is 7.26. The smallest absolute Gasteiger partial charge is 0.0738 e. The van der Waals surface area contributed by atoms with Gasteiger partial charge in [-0.1, -0.05) is 18.2 Å². The maximum Gasteiger partial charge on any atom is 0.0738 e. The van der Waals surface area contributed by atoms with Crippen molar-refractivity contribution >= 4 is 23.4 Å². The van der Waals surface area contributed by atoms with E-state index in [0.717, 1.165) is 41.7 Å². The number of allylic oxidation sites excluding steroid dienone is 1. The molecule has 1 fully saturated rings. The minimum atomic E-state index is 0.557. The third-order valence-corrected chi connectivity index (χ3v) is 4.07. The van der Waals surface area contributed by atoms with E-state index in [1.54, 1.807) is 11.8 Å². The lowest BCUT2D eigenvalue weighted by molar-refractivity contribution is 0.247. The van der Waals surface area contributed by atoms with Gasteiger partial charge in [0.05, 0.1) is 5.03 Å². The van der Waals surface area contributed by atoms with Gasteiger partial charge in [-0.25, -0.2) is 0 Å². The van der Waals surface area contributed by atoms with Crippen LogP contribution >= 0.6 is 23.4 Å². The molecule has 0 aromatic heterocycles. The van der Waals surface area contributed by atoms with Gasteiger partial charge in [-0.05, 0) is 26.5 Å². The Morgan fingerprint density at radius 2 is 2.25 bits per heavy atom. The molecule has 0 aliphatic carbocycles. The van der Waals surface area contributed by atoms with Gasteiger partial charge < -0.3 is 5.32 Å². The number of hydrogen-bond acceptors (Lipinski definition) is 3. The molecular weight excluding hydrogens is 240 g/mol. The summed E-state index contributed by atoms with van der Waals surface area (Å²) in [6, 6.07) is 0.557. The van der Waals surface area contributed by atoms with E-state index in [1.165, 1.54) is 0 Å². The Morgan fingerprint density at radius 1 is 1.56 bits per heavy atom. The molecule has 0 spiro atoms. The second-order valence-electron chi connectivity index (χ2n) is 4.26. The van der Waals surface area contributed by atoms with Crippen LogP contribution < -0.4 is 5.32 Å². The molecule has 0 radical (unpaired) electrons. The fourth-order valence-corrected chi connectivity index (χ4v) is 2.37. The van der Waals surface area contributed by atoms with Gasteiger partial charge in [0.25, 0.3) is 0 Å². The van der Waals surface area contributed by atoms with E-state index in [4.69, 9.17) is 11.6 Å². The summed E-state index contributed by atoms with van der Waals surface area (Å²) in [5, 5.41) is 4.20. The molecule has 0 amide bonds. The van der Waals surface area contributed by atoms with Crippen LogP contribution in [-0.4, -0.2) is 36.8 Å². The van der Waals surface area contributed by atoms with Crippen molar-refractivity contribution in [1.82, 2.24) is 10.2 Å². The van der Waals surface area contributed by atoms with E-state index >= 15 is 0 Å². The van der Waals surface area contributed by atoms with Crippen LogP contribution in [0, 0.1) is 0 Å². The van der Waals surface area contributed by atoms with Gasteiger partial charge in [-0.2, -0.15) is 0 Å². The van der Waals surface area contributed by atoms with Crippen LogP contribution in [0.1, 0.15) is 20.3 Å². The summed E-state index contributed by atoms with van der Waals surface area (Å²) in [4.78, 5) is 3.38. The summed E-state index contributed by atoms with van der Waals surface area (Å²) in [5.74, 6) is 0. The average molecular weight is 261 g/mol. The molecule has 1 N–H and O–H groups in total. The molecule has 92 valence electrons. The Bertz CT molecular complexity index is 287. The number of nitrogens with zero attached hydrogens (tertiary/aromatic N) is 1. The van der Waals surface area contributed by atoms with Gasteiger partial charge in [-0.15, -0.1) is 11.8 Å². The minimum absolute atomic E-state index is 0.557. The highest BCUT2D eigenvalue weighted by molar-refractivity contribution is 8.02. The quantitative estimate of drug-likeness (QED) is 0.840. The number of rotatable bonds is 3.